The highest BCUT2D eigenvalue weighted by atomic mass is 16.3. The van der Waals surface area contributed by atoms with E-state index in [1.165, 1.54) is 0 Å². The molecule has 96 valence electrons. The lowest BCUT2D eigenvalue weighted by molar-refractivity contribution is 0.619. The maximum Gasteiger partial charge on any atom is 0.227 e. The summed E-state index contributed by atoms with van der Waals surface area (Å²) in [5, 5.41) is 0. The number of fused-ring (bicyclic) bond motifs is 1. The van der Waals surface area contributed by atoms with Crippen molar-refractivity contribution in [2.75, 3.05) is 0 Å². The third-order valence-electron chi connectivity index (χ3n) is 3.30. The van der Waals surface area contributed by atoms with Gasteiger partial charge in [-0.3, -0.25) is 0 Å². The van der Waals surface area contributed by atoms with Crippen molar-refractivity contribution in [3.63, 3.8) is 0 Å². The molecule has 0 atom stereocenters. The molecule has 0 aliphatic rings. The van der Waals surface area contributed by atoms with E-state index in [4.69, 9.17) is 4.42 Å². The van der Waals surface area contributed by atoms with Crippen LogP contribution in [0.3, 0.4) is 0 Å². The number of hydrogen-bond acceptors (Lipinski definition) is 2. The minimum atomic E-state index is 0.658. The minimum Gasteiger partial charge on any atom is -0.436 e. The summed E-state index contributed by atoms with van der Waals surface area (Å²) < 4.78 is 7.91. The summed E-state index contributed by atoms with van der Waals surface area (Å²) >= 11 is 0. The highest BCUT2D eigenvalue weighted by molar-refractivity contribution is 5.78. The van der Waals surface area contributed by atoms with Crippen LogP contribution >= 0.6 is 0 Å². The first kappa shape index (κ1) is 11.1. The van der Waals surface area contributed by atoms with Gasteiger partial charge in [-0.25, -0.2) is 4.98 Å². The van der Waals surface area contributed by atoms with Gasteiger partial charge in [-0.05, 0) is 36.4 Å². The molecule has 0 spiro atoms. The first-order valence-corrected chi connectivity index (χ1v) is 6.49. The maximum atomic E-state index is 5.87. The Morgan fingerprint density at radius 2 is 1.65 bits per heavy atom. The Hall–Kier alpha value is -2.81. The van der Waals surface area contributed by atoms with Crippen LogP contribution in [0, 0.1) is 0 Å². The standard InChI is InChI=1S/C17H12N2O/c1-2-6-13(7-3-1)17-18-15-9-8-14(12-16(15)20-17)19-10-4-5-11-19/h1-12H. The molecule has 0 aliphatic carbocycles. The van der Waals surface area contributed by atoms with Crippen molar-refractivity contribution >= 4 is 11.1 Å². The van der Waals surface area contributed by atoms with Crippen molar-refractivity contribution in [3.05, 3.63) is 73.1 Å². The molecule has 20 heavy (non-hydrogen) atoms. The van der Waals surface area contributed by atoms with Crippen LogP contribution < -0.4 is 0 Å². The van der Waals surface area contributed by atoms with Crippen LogP contribution in [0.5, 0.6) is 0 Å². The number of nitrogens with zero attached hydrogens (tertiary/aromatic N) is 2. The predicted molar refractivity (Wildman–Crippen MR) is 78.8 cm³/mol. The molecule has 3 heteroatoms. The Bertz CT molecular complexity index is 845. The van der Waals surface area contributed by atoms with Crippen LogP contribution in [-0.4, -0.2) is 9.55 Å². The average Bonchev–Trinajstić information content (AvgIpc) is 3.16. The number of aromatic nitrogens is 2. The molecule has 0 saturated heterocycles. The zero-order valence-corrected chi connectivity index (χ0v) is 10.7. The van der Waals surface area contributed by atoms with Gasteiger partial charge in [0.2, 0.25) is 5.89 Å². The van der Waals surface area contributed by atoms with Gasteiger partial charge in [0.1, 0.15) is 5.52 Å². The monoisotopic (exact) mass is 260 g/mol. The molecule has 2 heterocycles. The van der Waals surface area contributed by atoms with Gasteiger partial charge in [-0.2, -0.15) is 0 Å². The molecular formula is C17H12N2O. The molecule has 0 saturated carbocycles. The second kappa shape index (κ2) is 4.38. The summed E-state index contributed by atoms with van der Waals surface area (Å²) in [4.78, 5) is 4.53. The molecule has 4 aromatic rings. The predicted octanol–water partition coefficient (Wildman–Crippen LogP) is 4.29. The van der Waals surface area contributed by atoms with Crippen molar-refractivity contribution in [2.45, 2.75) is 0 Å². The van der Waals surface area contributed by atoms with Crippen LogP contribution in [0.2, 0.25) is 0 Å². The molecule has 0 N–H and O–H groups in total. The normalized spacial score (nSPS) is 11.0. The molecular weight excluding hydrogens is 248 g/mol. The summed E-state index contributed by atoms with van der Waals surface area (Å²) in [6.07, 6.45) is 4.02. The van der Waals surface area contributed by atoms with Gasteiger partial charge in [0.15, 0.2) is 5.58 Å². The number of rotatable bonds is 2. The lowest BCUT2D eigenvalue weighted by atomic mass is 10.2. The molecule has 0 radical (unpaired) electrons. The Labute approximate surface area is 116 Å². The topological polar surface area (TPSA) is 31.0 Å². The van der Waals surface area contributed by atoms with Crippen LogP contribution in [-0.2, 0) is 0 Å². The van der Waals surface area contributed by atoms with E-state index in [1.807, 2.05) is 77.6 Å². The van der Waals surface area contributed by atoms with Crippen molar-refractivity contribution < 1.29 is 4.42 Å². The number of hydrogen-bond donors (Lipinski definition) is 0. The maximum absolute atomic E-state index is 5.87. The molecule has 2 aromatic carbocycles. The van der Waals surface area contributed by atoms with Crippen LogP contribution in [0.15, 0.2) is 77.5 Å². The fourth-order valence-corrected chi connectivity index (χ4v) is 2.28. The van der Waals surface area contributed by atoms with E-state index in [2.05, 4.69) is 4.98 Å². The Morgan fingerprint density at radius 3 is 2.45 bits per heavy atom. The van der Waals surface area contributed by atoms with Gasteiger partial charge in [-0.15, -0.1) is 0 Å². The smallest absolute Gasteiger partial charge is 0.227 e. The van der Waals surface area contributed by atoms with Crippen LogP contribution in [0.25, 0.3) is 28.2 Å². The van der Waals surface area contributed by atoms with Gasteiger partial charge in [-0.1, -0.05) is 18.2 Å². The van der Waals surface area contributed by atoms with E-state index in [9.17, 15) is 0 Å². The highest BCUT2D eigenvalue weighted by Crippen LogP contribution is 2.25. The van der Waals surface area contributed by atoms with Gasteiger partial charge in [0.05, 0.1) is 0 Å². The Balaban J connectivity index is 1.84. The van der Waals surface area contributed by atoms with Crippen molar-refractivity contribution in [1.29, 1.82) is 0 Å². The SMILES string of the molecule is c1ccc(-c2nc3ccc(-n4cccc4)cc3o2)cc1. The first-order valence-electron chi connectivity index (χ1n) is 6.49. The van der Waals surface area contributed by atoms with E-state index >= 15 is 0 Å². The second-order valence-electron chi connectivity index (χ2n) is 4.63. The van der Waals surface area contributed by atoms with E-state index in [1.54, 1.807) is 0 Å². The minimum absolute atomic E-state index is 0.658. The Morgan fingerprint density at radius 1 is 0.850 bits per heavy atom. The van der Waals surface area contributed by atoms with Crippen molar-refractivity contribution in [1.82, 2.24) is 9.55 Å². The van der Waals surface area contributed by atoms with E-state index < -0.39 is 0 Å². The van der Waals surface area contributed by atoms with Crippen molar-refractivity contribution in [2.24, 2.45) is 0 Å². The zero-order valence-electron chi connectivity index (χ0n) is 10.7. The third kappa shape index (κ3) is 1.80. The molecule has 3 nitrogen and oxygen atoms in total. The molecule has 0 fully saturated rings. The molecule has 2 aromatic heterocycles. The lowest BCUT2D eigenvalue weighted by Gasteiger charge is -2.00. The van der Waals surface area contributed by atoms with E-state index in [0.29, 0.717) is 5.89 Å². The fraction of sp³-hybridized carbons (Fsp3) is 0. The summed E-state index contributed by atoms with van der Waals surface area (Å²) in [5.41, 5.74) is 3.74. The molecule has 4 rings (SSSR count). The van der Waals surface area contributed by atoms with Crippen LogP contribution in [0.4, 0.5) is 0 Å². The fourth-order valence-electron chi connectivity index (χ4n) is 2.28. The van der Waals surface area contributed by atoms with Gasteiger partial charge >= 0.3 is 0 Å². The summed E-state index contributed by atoms with van der Waals surface area (Å²) in [7, 11) is 0. The second-order valence-corrected chi connectivity index (χ2v) is 4.63. The van der Waals surface area contributed by atoms with Gasteiger partial charge in [0, 0.05) is 29.7 Å². The first-order chi connectivity index (χ1) is 9.90. The van der Waals surface area contributed by atoms with Crippen LogP contribution in [0.1, 0.15) is 0 Å². The molecule has 0 bridgehead atoms. The number of benzene rings is 2. The highest BCUT2D eigenvalue weighted by Gasteiger charge is 2.08. The van der Waals surface area contributed by atoms with Crippen molar-refractivity contribution in [3.8, 4) is 17.1 Å². The third-order valence-corrected chi connectivity index (χ3v) is 3.30. The summed E-state index contributed by atoms with van der Waals surface area (Å²) in [6, 6.07) is 20.0. The van der Waals surface area contributed by atoms with Gasteiger partial charge in [0.25, 0.3) is 0 Å². The largest absolute Gasteiger partial charge is 0.436 e. The Kier molecular flexibility index (Phi) is 2.42. The summed E-state index contributed by atoms with van der Waals surface area (Å²) in [5.74, 6) is 0.658. The van der Waals surface area contributed by atoms with Gasteiger partial charge < -0.3 is 8.98 Å². The molecule has 0 amide bonds. The summed E-state index contributed by atoms with van der Waals surface area (Å²) in [6.45, 7) is 0. The molecule has 0 aliphatic heterocycles. The lowest BCUT2D eigenvalue weighted by Crippen LogP contribution is -1.87. The number of oxazole rings is 1. The van der Waals surface area contributed by atoms with E-state index in [0.717, 1.165) is 22.4 Å². The zero-order chi connectivity index (χ0) is 13.4. The van der Waals surface area contributed by atoms with E-state index in [-0.39, 0.29) is 0 Å². The molecule has 0 unspecified atom stereocenters. The average molecular weight is 260 g/mol. The quantitative estimate of drug-likeness (QED) is 0.538.